The van der Waals surface area contributed by atoms with Crippen molar-refractivity contribution in [2.45, 2.75) is 26.2 Å². The van der Waals surface area contributed by atoms with Gasteiger partial charge in [-0.1, -0.05) is 0 Å². The Balaban J connectivity index is 1.72. The Kier molecular flexibility index (Phi) is 3.57. The van der Waals surface area contributed by atoms with E-state index in [1.165, 1.54) is 0 Å². The van der Waals surface area contributed by atoms with Crippen molar-refractivity contribution in [2.24, 2.45) is 11.8 Å². The second kappa shape index (κ2) is 5.39. The Morgan fingerprint density at radius 1 is 1.43 bits per heavy atom. The minimum absolute atomic E-state index is 0.0445. The fourth-order valence-electron chi connectivity index (χ4n) is 3.00. The highest BCUT2D eigenvalue weighted by atomic mass is 16.5. The molecular formula is C16H20N2O3. The van der Waals surface area contributed by atoms with E-state index in [0.29, 0.717) is 19.6 Å². The molecule has 5 heteroatoms. The van der Waals surface area contributed by atoms with E-state index >= 15 is 0 Å². The first-order valence-corrected chi connectivity index (χ1v) is 7.45. The van der Waals surface area contributed by atoms with E-state index in [0.717, 1.165) is 29.8 Å². The van der Waals surface area contributed by atoms with E-state index in [1.807, 2.05) is 30.0 Å². The van der Waals surface area contributed by atoms with Crippen LogP contribution in [0.3, 0.4) is 0 Å². The molecule has 1 saturated carbocycles. The molecule has 0 saturated heterocycles. The summed E-state index contributed by atoms with van der Waals surface area (Å²) in [6.45, 7) is 2.82. The third-order valence-corrected chi connectivity index (χ3v) is 4.23. The zero-order chi connectivity index (χ0) is 15.0. The summed E-state index contributed by atoms with van der Waals surface area (Å²) < 4.78 is 5.04. The molecular weight excluding hydrogens is 268 g/mol. The summed E-state index contributed by atoms with van der Waals surface area (Å²) in [7, 11) is 0. The number of nitrogen functional groups attached to an aromatic ring is 1. The van der Waals surface area contributed by atoms with Gasteiger partial charge in [0.1, 0.15) is 0 Å². The van der Waals surface area contributed by atoms with Gasteiger partial charge in [0, 0.05) is 24.3 Å². The van der Waals surface area contributed by atoms with Crippen LogP contribution in [0.1, 0.15) is 25.3 Å². The fourth-order valence-corrected chi connectivity index (χ4v) is 3.00. The van der Waals surface area contributed by atoms with Gasteiger partial charge in [0.2, 0.25) is 5.91 Å². The summed E-state index contributed by atoms with van der Waals surface area (Å²) in [5, 5.41) is 0. The standard InChI is InChI=1S/C16H20N2O3/c1-2-21-16(20)13-8-11(13)9-18-14-5-4-12(17)7-10(14)3-6-15(18)19/h4-5,7,11,13H,2-3,6,8-9,17H2,1H3. The highest BCUT2D eigenvalue weighted by molar-refractivity contribution is 5.97. The average molecular weight is 288 g/mol. The number of carbonyl (C=O) groups is 2. The van der Waals surface area contributed by atoms with Crippen molar-refractivity contribution in [3.63, 3.8) is 0 Å². The van der Waals surface area contributed by atoms with Gasteiger partial charge in [0.25, 0.3) is 0 Å². The van der Waals surface area contributed by atoms with Gasteiger partial charge < -0.3 is 15.4 Å². The zero-order valence-electron chi connectivity index (χ0n) is 12.2. The van der Waals surface area contributed by atoms with Crippen molar-refractivity contribution in [3.05, 3.63) is 23.8 Å². The van der Waals surface area contributed by atoms with E-state index in [2.05, 4.69) is 0 Å². The van der Waals surface area contributed by atoms with Crippen molar-refractivity contribution >= 4 is 23.3 Å². The first kappa shape index (κ1) is 13.9. The molecule has 5 nitrogen and oxygen atoms in total. The molecule has 2 unspecified atom stereocenters. The van der Waals surface area contributed by atoms with Crippen LogP contribution in [-0.2, 0) is 20.7 Å². The lowest BCUT2D eigenvalue weighted by Crippen LogP contribution is -2.37. The highest BCUT2D eigenvalue weighted by Gasteiger charge is 2.46. The molecule has 3 rings (SSSR count). The lowest BCUT2D eigenvalue weighted by atomic mass is 10.00. The third-order valence-electron chi connectivity index (χ3n) is 4.23. The van der Waals surface area contributed by atoms with Gasteiger partial charge in [0.15, 0.2) is 0 Å². The van der Waals surface area contributed by atoms with E-state index < -0.39 is 0 Å². The Bertz CT molecular complexity index is 585. The van der Waals surface area contributed by atoms with E-state index in [9.17, 15) is 9.59 Å². The first-order chi connectivity index (χ1) is 10.1. The molecule has 2 aliphatic rings. The molecule has 0 spiro atoms. The number of anilines is 2. The van der Waals surface area contributed by atoms with Crippen LogP contribution in [0, 0.1) is 11.8 Å². The Labute approximate surface area is 124 Å². The van der Waals surface area contributed by atoms with Gasteiger partial charge in [0.05, 0.1) is 12.5 Å². The topological polar surface area (TPSA) is 72.6 Å². The molecule has 0 aromatic heterocycles. The summed E-state index contributed by atoms with van der Waals surface area (Å²) in [6.07, 6.45) is 2.06. The zero-order valence-corrected chi connectivity index (χ0v) is 12.2. The van der Waals surface area contributed by atoms with Gasteiger partial charge in [-0.25, -0.2) is 0 Å². The molecule has 0 bridgehead atoms. The number of aryl methyl sites for hydroxylation is 1. The smallest absolute Gasteiger partial charge is 0.309 e. The minimum atomic E-state index is -0.135. The number of carbonyl (C=O) groups excluding carboxylic acids is 2. The minimum Gasteiger partial charge on any atom is -0.466 e. The van der Waals surface area contributed by atoms with Crippen LogP contribution < -0.4 is 10.6 Å². The number of nitrogens with two attached hydrogens (primary N) is 1. The summed E-state index contributed by atoms with van der Waals surface area (Å²) in [4.78, 5) is 25.7. The molecule has 2 N–H and O–H groups in total. The largest absolute Gasteiger partial charge is 0.466 e. The van der Waals surface area contributed by atoms with Crippen molar-refractivity contribution in [1.82, 2.24) is 0 Å². The monoisotopic (exact) mass is 288 g/mol. The lowest BCUT2D eigenvalue weighted by Gasteiger charge is -2.29. The number of amides is 1. The number of fused-ring (bicyclic) bond motifs is 1. The third kappa shape index (κ3) is 2.73. The van der Waals surface area contributed by atoms with E-state index in [4.69, 9.17) is 10.5 Å². The van der Waals surface area contributed by atoms with Gasteiger partial charge in [-0.05, 0) is 49.4 Å². The van der Waals surface area contributed by atoms with Gasteiger partial charge in [-0.3, -0.25) is 9.59 Å². The van der Waals surface area contributed by atoms with Crippen LogP contribution in [0.15, 0.2) is 18.2 Å². The van der Waals surface area contributed by atoms with E-state index in [1.54, 1.807) is 0 Å². The predicted octanol–water partition coefficient (Wildman–Crippen LogP) is 1.75. The number of ether oxygens (including phenoxy) is 1. The van der Waals surface area contributed by atoms with Crippen LogP contribution in [0.4, 0.5) is 11.4 Å². The van der Waals surface area contributed by atoms with Crippen molar-refractivity contribution in [1.29, 1.82) is 0 Å². The van der Waals surface area contributed by atoms with Gasteiger partial charge >= 0.3 is 5.97 Å². The number of hydrogen-bond acceptors (Lipinski definition) is 4. The molecule has 1 fully saturated rings. The molecule has 2 atom stereocenters. The molecule has 1 aromatic carbocycles. The number of rotatable bonds is 4. The number of esters is 1. The molecule has 0 radical (unpaired) electrons. The van der Waals surface area contributed by atoms with Crippen LogP contribution in [-0.4, -0.2) is 25.0 Å². The predicted molar refractivity (Wildman–Crippen MR) is 79.8 cm³/mol. The summed E-state index contributed by atoms with van der Waals surface area (Å²) in [5.41, 5.74) is 8.58. The van der Waals surface area contributed by atoms with Crippen LogP contribution in [0.2, 0.25) is 0 Å². The molecule has 1 aliphatic heterocycles. The van der Waals surface area contributed by atoms with Crippen molar-refractivity contribution < 1.29 is 14.3 Å². The van der Waals surface area contributed by atoms with Gasteiger partial charge in [-0.15, -0.1) is 0 Å². The average Bonchev–Trinajstić information content (AvgIpc) is 3.22. The maximum Gasteiger partial charge on any atom is 0.309 e. The first-order valence-electron chi connectivity index (χ1n) is 7.45. The number of hydrogen-bond donors (Lipinski definition) is 1. The maximum atomic E-state index is 12.2. The summed E-state index contributed by atoms with van der Waals surface area (Å²) >= 11 is 0. The Morgan fingerprint density at radius 2 is 2.24 bits per heavy atom. The van der Waals surface area contributed by atoms with Crippen LogP contribution in [0.25, 0.3) is 0 Å². The molecule has 1 aromatic rings. The number of nitrogens with zero attached hydrogens (tertiary/aromatic N) is 1. The Hall–Kier alpha value is -2.04. The quantitative estimate of drug-likeness (QED) is 0.676. The molecule has 1 heterocycles. The van der Waals surface area contributed by atoms with Crippen molar-refractivity contribution in [2.75, 3.05) is 23.8 Å². The van der Waals surface area contributed by atoms with Crippen LogP contribution >= 0.6 is 0 Å². The lowest BCUT2D eigenvalue weighted by molar-refractivity contribution is -0.145. The van der Waals surface area contributed by atoms with Crippen LogP contribution in [0.5, 0.6) is 0 Å². The molecule has 21 heavy (non-hydrogen) atoms. The molecule has 1 aliphatic carbocycles. The second-order valence-corrected chi connectivity index (χ2v) is 5.75. The van der Waals surface area contributed by atoms with Gasteiger partial charge in [-0.2, -0.15) is 0 Å². The fraction of sp³-hybridized carbons (Fsp3) is 0.500. The summed E-state index contributed by atoms with van der Waals surface area (Å²) in [5.74, 6) is 0.166. The van der Waals surface area contributed by atoms with E-state index in [-0.39, 0.29) is 23.7 Å². The summed E-state index contributed by atoms with van der Waals surface area (Å²) in [6, 6.07) is 5.66. The Morgan fingerprint density at radius 3 is 3.00 bits per heavy atom. The second-order valence-electron chi connectivity index (χ2n) is 5.75. The normalized spacial score (nSPS) is 23.7. The maximum absolute atomic E-state index is 12.2. The number of benzene rings is 1. The highest BCUT2D eigenvalue weighted by Crippen LogP contribution is 2.42. The molecule has 112 valence electrons. The van der Waals surface area contributed by atoms with Crippen molar-refractivity contribution in [3.8, 4) is 0 Å². The molecule has 1 amide bonds. The SMILES string of the molecule is CCOC(=O)C1CC1CN1C(=O)CCc2cc(N)ccc21.